The fourth-order valence-corrected chi connectivity index (χ4v) is 2.01. The van der Waals surface area contributed by atoms with Gasteiger partial charge in [-0.3, -0.25) is 4.58 Å². The van der Waals surface area contributed by atoms with Crippen LogP contribution in [-0.2, 0) is 0 Å². The van der Waals surface area contributed by atoms with Crippen LogP contribution in [0.5, 0.6) is 0 Å². The number of carboxylic acid groups (broad SMARTS) is 1. The Bertz CT molecular complexity index is 247. The van der Waals surface area contributed by atoms with Crippen LogP contribution in [0.2, 0.25) is 0 Å². The minimum atomic E-state index is -1.04. The summed E-state index contributed by atoms with van der Waals surface area (Å²) in [6, 6.07) is 0. The molecule has 0 spiro atoms. The van der Waals surface area contributed by atoms with Crippen molar-refractivity contribution in [2.45, 2.75) is 19.3 Å². The van der Waals surface area contributed by atoms with Gasteiger partial charge < -0.3 is 9.90 Å². The van der Waals surface area contributed by atoms with E-state index in [2.05, 4.69) is 4.58 Å². The summed E-state index contributed by atoms with van der Waals surface area (Å²) in [5.41, 5.74) is 0. The molecule has 66 valence electrons. The van der Waals surface area contributed by atoms with Gasteiger partial charge in [0, 0.05) is 6.42 Å². The van der Waals surface area contributed by atoms with Crippen molar-refractivity contribution in [3.63, 3.8) is 0 Å². The van der Waals surface area contributed by atoms with Gasteiger partial charge in [-0.05, 0) is 6.42 Å². The summed E-state index contributed by atoms with van der Waals surface area (Å²) in [4.78, 5) is 12.0. The highest BCUT2D eigenvalue weighted by Gasteiger charge is 2.31. The van der Waals surface area contributed by atoms with Gasteiger partial charge in [0.05, 0.1) is 26.1 Å². The van der Waals surface area contributed by atoms with Gasteiger partial charge >= 0.3 is 0 Å². The number of carbonyl (C=O) groups excluding carboxylic acids is 1. The first kappa shape index (κ1) is 7.58. The number of amides is 1. The number of rotatable bonds is 0. The molecule has 0 saturated carbocycles. The average Bonchev–Trinajstić information content (AvgIpc) is 2.49. The van der Waals surface area contributed by atoms with E-state index in [1.807, 2.05) is 0 Å². The number of amidine groups is 1. The van der Waals surface area contributed by atoms with Gasteiger partial charge in [-0.2, -0.15) is 0 Å². The Labute approximate surface area is 71.1 Å². The Kier molecular flexibility index (Phi) is 1.75. The lowest BCUT2D eigenvalue weighted by molar-refractivity contribution is -0.529. The Hall–Kier alpha value is -1.06. The lowest BCUT2D eigenvalue weighted by atomic mass is 10.3. The minimum absolute atomic E-state index is 0.619. The van der Waals surface area contributed by atoms with E-state index in [0.717, 1.165) is 38.2 Å². The van der Waals surface area contributed by atoms with Crippen LogP contribution in [-0.4, -0.2) is 41.0 Å². The molecule has 2 aliphatic rings. The summed E-state index contributed by atoms with van der Waals surface area (Å²) in [5.74, 6) is 0.959. The molecule has 0 radical (unpaired) electrons. The van der Waals surface area contributed by atoms with E-state index in [0.29, 0.717) is 6.54 Å². The van der Waals surface area contributed by atoms with Crippen LogP contribution in [0.25, 0.3) is 0 Å². The monoisotopic (exact) mass is 168 g/mol. The van der Waals surface area contributed by atoms with Crippen molar-refractivity contribution < 1.29 is 14.5 Å². The minimum Gasteiger partial charge on any atom is -0.511 e. The molecule has 0 saturated heterocycles. The van der Waals surface area contributed by atoms with Crippen molar-refractivity contribution in [2.75, 3.05) is 19.6 Å². The Morgan fingerprint density at radius 1 is 1.42 bits per heavy atom. The first-order valence-electron chi connectivity index (χ1n) is 4.38. The first-order valence-corrected chi connectivity index (χ1v) is 4.38. The molecule has 0 aromatic rings. The zero-order valence-electron chi connectivity index (χ0n) is 6.95. The molecule has 0 N–H and O–H groups in total. The van der Waals surface area contributed by atoms with Gasteiger partial charge in [0.2, 0.25) is 6.09 Å². The van der Waals surface area contributed by atoms with Crippen LogP contribution in [0.3, 0.4) is 0 Å². The Balaban J connectivity index is 2.24. The highest BCUT2D eigenvalue weighted by atomic mass is 16.4. The molecule has 4 heteroatoms. The number of nitrogens with zero attached hydrogens (tertiary/aromatic N) is 2. The van der Waals surface area contributed by atoms with Gasteiger partial charge in [0.25, 0.3) is 5.84 Å². The molecule has 0 aromatic heterocycles. The molecule has 1 amide bonds. The van der Waals surface area contributed by atoms with Crippen LogP contribution >= 0.6 is 0 Å². The summed E-state index contributed by atoms with van der Waals surface area (Å²) >= 11 is 0. The van der Waals surface area contributed by atoms with Gasteiger partial charge in [-0.1, -0.05) is 0 Å². The number of hydrogen-bond acceptors (Lipinski definition) is 2. The van der Waals surface area contributed by atoms with Crippen molar-refractivity contribution >= 4 is 11.9 Å². The van der Waals surface area contributed by atoms with Crippen molar-refractivity contribution in [3.8, 4) is 0 Å². The van der Waals surface area contributed by atoms with Gasteiger partial charge in [-0.25, -0.2) is 4.90 Å². The van der Waals surface area contributed by atoms with E-state index in [-0.39, 0.29) is 0 Å². The molecule has 2 rings (SSSR count). The Morgan fingerprint density at radius 3 is 2.92 bits per heavy atom. The molecule has 0 aliphatic carbocycles. The van der Waals surface area contributed by atoms with Gasteiger partial charge in [0.15, 0.2) is 0 Å². The van der Waals surface area contributed by atoms with Crippen LogP contribution in [0.15, 0.2) is 0 Å². The summed E-state index contributed by atoms with van der Waals surface area (Å²) < 4.78 is 2.15. The smallest absolute Gasteiger partial charge is 0.253 e. The van der Waals surface area contributed by atoms with E-state index < -0.39 is 6.09 Å². The van der Waals surface area contributed by atoms with Crippen LogP contribution in [0.4, 0.5) is 4.79 Å². The van der Waals surface area contributed by atoms with Gasteiger partial charge in [0.1, 0.15) is 0 Å². The van der Waals surface area contributed by atoms with Crippen LogP contribution in [0.1, 0.15) is 19.3 Å². The average molecular weight is 168 g/mol. The molecular weight excluding hydrogens is 156 g/mol. The standard InChI is InChI=1S/C8H12N2O2/c11-8(12)10-6-2-5-9-4-1-3-7(9)10/h1-6H2. The number of hydrogen-bond donors (Lipinski definition) is 0. The van der Waals surface area contributed by atoms with E-state index in [4.69, 9.17) is 0 Å². The summed E-state index contributed by atoms with van der Waals surface area (Å²) in [7, 11) is 0. The quantitative estimate of drug-likeness (QED) is 0.446. The van der Waals surface area contributed by atoms with Crippen molar-refractivity contribution in [2.24, 2.45) is 0 Å². The maximum Gasteiger partial charge on any atom is 0.253 e. The number of carbonyl (C=O) groups is 1. The molecule has 0 aromatic carbocycles. The SMILES string of the molecule is O=C([O-])N1CCC[N+]2=C1CCC2. The second kappa shape index (κ2) is 2.77. The second-order valence-corrected chi connectivity index (χ2v) is 3.28. The zero-order valence-corrected chi connectivity index (χ0v) is 6.95. The van der Waals surface area contributed by atoms with E-state index >= 15 is 0 Å². The van der Waals surface area contributed by atoms with E-state index in [1.54, 1.807) is 0 Å². The first-order chi connectivity index (χ1) is 5.79. The van der Waals surface area contributed by atoms with E-state index in [9.17, 15) is 9.90 Å². The Morgan fingerprint density at radius 2 is 2.17 bits per heavy atom. The molecule has 0 fully saturated rings. The molecule has 0 unspecified atom stereocenters. The highest BCUT2D eigenvalue weighted by molar-refractivity contribution is 5.91. The highest BCUT2D eigenvalue weighted by Crippen LogP contribution is 2.13. The van der Waals surface area contributed by atoms with E-state index in [1.165, 1.54) is 4.90 Å². The summed E-state index contributed by atoms with van der Waals surface area (Å²) in [5, 5.41) is 10.7. The predicted molar refractivity (Wildman–Crippen MR) is 41.0 cm³/mol. The maximum absolute atomic E-state index is 10.7. The zero-order chi connectivity index (χ0) is 8.55. The fraction of sp³-hybridized carbons (Fsp3) is 0.750. The predicted octanol–water partition coefficient (Wildman–Crippen LogP) is -0.760. The third-order valence-corrected chi connectivity index (χ3v) is 2.54. The van der Waals surface area contributed by atoms with Crippen molar-refractivity contribution in [1.82, 2.24) is 4.90 Å². The molecule has 0 bridgehead atoms. The van der Waals surface area contributed by atoms with Gasteiger partial charge in [-0.15, -0.1) is 0 Å². The summed E-state index contributed by atoms with van der Waals surface area (Å²) in [6.45, 7) is 2.65. The maximum atomic E-state index is 10.7. The second-order valence-electron chi connectivity index (χ2n) is 3.28. The topological polar surface area (TPSA) is 46.4 Å². The lowest BCUT2D eigenvalue weighted by Gasteiger charge is -2.22. The molecule has 2 heterocycles. The third kappa shape index (κ3) is 1.07. The lowest BCUT2D eigenvalue weighted by Crippen LogP contribution is -2.50. The van der Waals surface area contributed by atoms with Crippen LogP contribution < -0.4 is 5.11 Å². The normalized spacial score (nSPS) is 22.8. The molecule has 12 heavy (non-hydrogen) atoms. The van der Waals surface area contributed by atoms with Crippen LogP contribution in [0, 0.1) is 0 Å². The molecular formula is C8H12N2O2. The van der Waals surface area contributed by atoms with Crippen molar-refractivity contribution in [3.05, 3.63) is 0 Å². The molecule has 0 atom stereocenters. The van der Waals surface area contributed by atoms with Crippen molar-refractivity contribution in [1.29, 1.82) is 0 Å². The third-order valence-electron chi connectivity index (χ3n) is 2.54. The summed E-state index contributed by atoms with van der Waals surface area (Å²) in [6.07, 6.45) is 1.86. The largest absolute Gasteiger partial charge is 0.511 e. The molecule has 2 aliphatic heterocycles. The fourth-order valence-electron chi connectivity index (χ4n) is 2.01. The molecule has 4 nitrogen and oxygen atoms in total.